The average molecular weight is 230 g/mol. The molecule has 0 atom stereocenters. The van der Waals surface area contributed by atoms with E-state index in [-0.39, 0.29) is 5.75 Å². The maximum Gasteiger partial charge on any atom is 0.134 e. The Balaban J connectivity index is 2.61. The van der Waals surface area contributed by atoms with Crippen molar-refractivity contribution in [2.75, 3.05) is 0 Å². The fourth-order valence-corrected chi connectivity index (χ4v) is 1.93. The van der Waals surface area contributed by atoms with Crippen LogP contribution in [0.1, 0.15) is 16.7 Å². The number of phenolic OH excluding ortho intramolecular Hbond substituents is 1. The van der Waals surface area contributed by atoms with Gasteiger partial charge in [-0.2, -0.15) is 0 Å². The number of benzene rings is 2. The van der Waals surface area contributed by atoms with Gasteiger partial charge in [0, 0.05) is 11.6 Å². The number of aromatic hydroxyl groups is 1. The third-order valence-electron chi connectivity index (χ3n) is 3.19. The summed E-state index contributed by atoms with van der Waals surface area (Å²) in [6.45, 7) is 6.09. The lowest BCUT2D eigenvalue weighted by molar-refractivity contribution is 0.469. The largest absolute Gasteiger partial charge is 0.508 e. The fraction of sp³-hybridized carbons (Fsp3) is 0.200. The third-order valence-corrected chi connectivity index (χ3v) is 3.19. The Kier molecular flexibility index (Phi) is 2.88. The summed E-state index contributed by atoms with van der Waals surface area (Å²) in [5.74, 6) is -0.445. The van der Waals surface area contributed by atoms with Crippen molar-refractivity contribution >= 4 is 0 Å². The molecule has 0 aliphatic heterocycles. The van der Waals surface area contributed by atoms with Gasteiger partial charge in [-0.1, -0.05) is 12.1 Å². The highest BCUT2D eigenvalue weighted by atomic mass is 19.1. The van der Waals surface area contributed by atoms with Crippen LogP contribution in [-0.4, -0.2) is 5.11 Å². The van der Waals surface area contributed by atoms with E-state index in [0.29, 0.717) is 5.56 Å². The highest BCUT2D eigenvalue weighted by Gasteiger charge is 2.08. The maximum absolute atomic E-state index is 13.7. The number of halogens is 1. The Labute approximate surface area is 101 Å². The van der Waals surface area contributed by atoms with Crippen LogP contribution in [0.15, 0.2) is 30.3 Å². The van der Waals surface area contributed by atoms with E-state index in [2.05, 4.69) is 6.92 Å². The van der Waals surface area contributed by atoms with Crippen molar-refractivity contribution in [2.24, 2.45) is 0 Å². The minimum absolute atomic E-state index is 0.0493. The lowest BCUT2D eigenvalue weighted by atomic mass is 9.96. The molecule has 2 heteroatoms. The molecule has 0 saturated heterocycles. The van der Waals surface area contributed by atoms with E-state index < -0.39 is 5.82 Å². The van der Waals surface area contributed by atoms with Crippen LogP contribution >= 0.6 is 0 Å². The summed E-state index contributed by atoms with van der Waals surface area (Å²) >= 11 is 0. The fourth-order valence-electron chi connectivity index (χ4n) is 1.93. The zero-order valence-corrected chi connectivity index (χ0v) is 10.2. The molecule has 88 valence electrons. The lowest BCUT2D eigenvalue weighted by Gasteiger charge is -2.10. The van der Waals surface area contributed by atoms with Crippen molar-refractivity contribution in [3.63, 3.8) is 0 Å². The lowest BCUT2D eigenvalue weighted by Crippen LogP contribution is -1.90. The first-order chi connectivity index (χ1) is 7.99. The second kappa shape index (κ2) is 4.21. The molecule has 0 saturated carbocycles. The predicted molar refractivity (Wildman–Crippen MR) is 67.7 cm³/mol. The molecule has 0 fully saturated rings. The standard InChI is InChI=1S/C15H15FO/c1-9-6-12(7-10(2)11(9)3)14-5-4-13(17)8-15(14)16/h4-8,17H,1-3H3. The van der Waals surface area contributed by atoms with Gasteiger partial charge >= 0.3 is 0 Å². The summed E-state index contributed by atoms with van der Waals surface area (Å²) in [7, 11) is 0. The van der Waals surface area contributed by atoms with Crippen LogP contribution in [0.4, 0.5) is 4.39 Å². The Morgan fingerprint density at radius 3 is 2.06 bits per heavy atom. The summed E-state index contributed by atoms with van der Waals surface area (Å²) < 4.78 is 13.7. The quantitative estimate of drug-likeness (QED) is 0.781. The Morgan fingerprint density at radius 1 is 0.941 bits per heavy atom. The summed E-state index contributed by atoms with van der Waals surface area (Å²) in [5.41, 5.74) is 4.89. The smallest absolute Gasteiger partial charge is 0.134 e. The highest BCUT2D eigenvalue weighted by molar-refractivity contribution is 5.67. The molecule has 1 nitrogen and oxygen atoms in total. The topological polar surface area (TPSA) is 20.2 Å². The van der Waals surface area contributed by atoms with Crippen LogP contribution in [0.5, 0.6) is 5.75 Å². The molecule has 0 aliphatic carbocycles. The van der Waals surface area contributed by atoms with E-state index in [9.17, 15) is 9.50 Å². The minimum Gasteiger partial charge on any atom is -0.508 e. The number of aryl methyl sites for hydroxylation is 2. The van der Waals surface area contributed by atoms with Crippen molar-refractivity contribution in [3.8, 4) is 16.9 Å². The Bertz CT molecular complexity index is 550. The summed E-state index contributed by atoms with van der Waals surface area (Å²) in [6.07, 6.45) is 0. The Morgan fingerprint density at radius 2 is 1.53 bits per heavy atom. The van der Waals surface area contributed by atoms with Crippen molar-refractivity contribution in [1.29, 1.82) is 0 Å². The van der Waals surface area contributed by atoms with Gasteiger partial charge in [-0.25, -0.2) is 4.39 Å². The molecule has 0 unspecified atom stereocenters. The second-order valence-corrected chi connectivity index (χ2v) is 4.40. The molecule has 0 radical (unpaired) electrons. The predicted octanol–water partition coefficient (Wildman–Crippen LogP) is 4.12. The van der Waals surface area contributed by atoms with Gasteiger partial charge < -0.3 is 5.11 Å². The average Bonchev–Trinajstić information content (AvgIpc) is 2.25. The van der Waals surface area contributed by atoms with E-state index >= 15 is 0 Å². The van der Waals surface area contributed by atoms with Crippen molar-refractivity contribution < 1.29 is 9.50 Å². The molecule has 0 bridgehead atoms. The molecule has 1 N–H and O–H groups in total. The number of rotatable bonds is 1. The van der Waals surface area contributed by atoms with Crippen LogP contribution in [0.25, 0.3) is 11.1 Å². The van der Waals surface area contributed by atoms with E-state index in [0.717, 1.165) is 22.8 Å². The third kappa shape index (κ3) is 2.16. The summed E-state index contributed by atoms with van der Waals surface area (Å²) in [6, 6.07) is 8.19. The van der Waals surface area contributed by atoms with Crippen LogP contribution in [0, 0.1) is 26.6 Å². The molecule has 2 aromatic carbocycles. The Hall–Kier alpha value is -1.83. The normalized spacial score (nSPS) is 10.6. The monoisotopic (exact) mass is 230 g/mol. The van der Waals surface area contributed by atoms with Crippen molar-refractivity contribution in [1.82, 2.24) is 0 Å². The van der Waals surface area contributed by atoms with Crippen LogP contribution < -0.4 is 0 Å². The summed E-state index contributed by atoms with van der Waals surface area (Å²) in [4.78, 5) is 0. The molecule has 0 aromatic heterocycles. The first-order valence-electron chi connectivity index (χ1n) is 5.56. The van der Waals surface area contributed by atoms with E-state index in [1.165, 1.54) is 11.6 Å². The molecule has 0 aliphatic rings. The molecule has 17 heavy (non-hydrogen) atoms. The van der Waals surface area contributed by atoms with E-state index in [1.54, 1.807) is 6.07 Å². The van der Waals surface area contributed by atoms with Gasteiger partial charge in [0.2, 0.25) is 0 Å². The van der Waals surface area contributed by atoms with E-state index in [1.807, 2.05) is 26.0 Å². The molecule has 0 heterocycles. The second-order valence-electron chi connectivity index (χ2n) is 4.40. The van der Waals surface area contributed by atoms with Gasteiger partial charge in [0.1, 0.15) is 11.6 Å². The molecular formula is C15H15FO. The SMILES string of the molecule is Cc1cc(-c2ccc(O)cc2F)cc(C)c1C. The molecule has 0 amide bonds. The van der Waals surface area contributed by atoms with Gasteiger partial charge in [-0.15, -0.1) is 0 Å². The molecule has 2 rings (SSSR count). The number of hydrogen-bond donors (Lipinski definition) is 1. The molecule has 0 spiro atoms. The van der Waals surface area contributed by atoms with Gasteiger partial charge in [-0.3, -0.25) is 0 Å². The first-order valence-corrected chi connectivity index (χ1v) is 5.56. The van der Waals surface area contributed by atoms with Crippen LogP contribution in [0.3, 0.4) is 0 Å². The zero-order valence-electron chi connectivity index (χ0n) is 10.2. The van der Waals surface area contributed by atoms with Gasteiger partial charge in [0.25, 0.3) is 0 Å². The zero-order chi connectivity index (χ0) is 12.6. The number of hydrogen-bond acceptors (Lipinski definition) is 1. The maximum atomic E-state index is 13.7. The van der Waals surface area contributed by atoms with Gasteiger partial charge in [0.05, 0.1) is 0 Å². The first kappa shape index (κ1) is 11.6. The molecule has 2 aromatic rings. The molecular weight excluding hydrogens is 215 g/mol. The van der Waals surface area contributed by atoms with Gasteiger partial charge in [-0.05, 0) is 55.2 Å². The van der Waals surface area contributed by atoms with Crippen LogP contribution in [0.2, 0.25) is 0 Å². The van der Waals surface area contributed by atoms with E-state index in [4.69, 9.17) is 0 Å². The summed E-state index contributed by atoms with van der Waals surface area (Å²) in [5, 5.41) is 9.20. The van der Waals surface area contributed by atoms with Crippen molar-refractivity contribution in [2.45, 2.75) is 20.8 Å². The minimum atomic E-state index is -0.396. The van der Waals surface area contributed by atoms with Crippen LogP contribution in [-0.2, 0) is 0 Å². The van der Waals surface area contributed by atoms with Crippen molar-refractivity contribution in [3.05, 3.63) is 52.8 Å². The number of phenols is 1. The van der Waals surface area contributed by atoms with Gasteiger partial charge in [0.15, 0.2) is 0 Å². The highest BCUT2D eigenvalue weighted by Crippen LogP contribution is 2.28.